The molecule has 3 aromatic rings. The van der Waals surface area contributed by atoms with Crippen LogP contribution in [0.15, 0.2) is 41.2 Å². The zero-order valence-electron chi connectivity index (χ0n) is 17.4. The van der Waals surface area contributed by atoms with Crippen molar-refractivity contribution in [1.29, 1.82) is 0 Å². The number of rotatable bonds is 3. The number of aliphatic hydroxyl groups is 1. The van der Waals surface area contributed by atoms with E-state index in [1.807, 2.05) is 35.9 Å². The Balaban J connectivity index is 2.19. The molecule has 0 saturated heterocycles. The summed E-state index contributed by atoms with van der Waals surface area (Å²) in [5.41, 5.74) is 5.17. The minimum atomic E-state index is -0.893. The smallest absolute Gasteiger partial charge is 0.328 e. The van der Waals surface area contributed by atoms with Gasteiger partial charge in [0.2, 0.25) is 0 Å². The number of fused-ring (bicyclic) bond motifs is 1. The van der Waals surface area contributed by atoms with E-state index < -0.39 is 5.60 Å². The lowest BCUT2D eigenvalue weighted by Gasteiger charge is -2.20. The maximum absolute atomic E-state index is 12.8. The van der Waals surface area contributed by atoms with Gasteiger partial charge in [-0.2, -0.15) is 0 Å². The Morgan fingerprint density at radius 3 is 2.22 bits per heavy atom. The average molecular weight is 367 g/mol. The molecular weight excluding hydrogens is 336 g/mol. The van der Waals surface area contributed by atoms with Gasteiger partial charge in [0.1, 0.15) is 0 Å². The third-order valence-electron chi connectivity index (χ3n) is 5.03. The lowest BCUT2D eigenvalue weighted by Crippen LogP contribution is -2.27. The molecule has 0 bridgehead atoms. The van der Waals surface area contributed by atoms with Gasteiger partial charge in [-0.3, -0.25) is 9.13 Å². The van der Waals surface area contributed by atoms with Gasteiger partial charge in [-0.25, -0.2) is 4.79 Å². The first kappa shape index (κ1) is 19.4. The number of hydrogen-bond acceptors (Lipinski definition) is 2. The molecule has 0 radical (unpaired) electrons. The molecule has 1 N–H and O–H groups in total. The fraction of sp³-hybridized carbons (Fsp3) is 0.435. The van der Waals surface area contributed by atoms with Crippen LogP contribution in [0.3, 0.4) is 0 Å². The van der Waals surface area contributed by atoms with Crippen molar-refractivity contribution in [3.63, 3.8) is 0 Å². The quantitative estimate of drug-likeness (QED) is 0.737. The summed E-state index contributed by atoms with van der Waals surface area (Å²) in [5, 5.41) is 10.4. The van der Waals surface area contributed by atoms with Crippen LogP contribution < -0.4 is 5.69 Å². The lowest BCUT2D eigenvalue weighted by molar-refractivity contribution is 0.0786. The number of aryl methyl sites for hydroxylation is 2. The molecule has 1 heterocycles. The summed E-state index contributed by atoms with van der Waals surface area (Å²) in [7, 11) is 1.83. The summed E-state index contributed by atoms with van der Waals surface area (Å²) in [6, 6.07) is 12.2. The monoisotopic (exact) mass is 366 g/mol. The second-order valence-corrected chi connectivity index (χ2v) is 9.28. The van der Waals surface area contributed by atoms with Crippen LogP contribution in [0.25, 0.3) is 22.2 Å². The van der Waals surface area contributed by atoms with Crippen LogP contribution in [0.4, 0.5) is 0 Å². The number of imidazole rings is 1. The summed E-state index contributed by atoms with van der Waals surface area (Å²) in [6.45, 7) is 12.7. The second-order valence-electron chi connectivity index (χ2n) is 9.28. The van der Waals surface area contributed by atoms with Gasteiger partial charge in [-0.05, 0) is 66.6 Å². The highest BCUT2D eigenvalue weighted by atomic mass is 16.3. The predicted molar refractivity (Wildman–Crippen MR) is 112 cm³/mol. The van der Waals surface area contributed by atoms with E-state index >= 15 is 0 Å². The molecule has 0 aliphatic carbocycles. The highest BCUT2D eigenvalue weighted by molar-refractivity contribution is 5.83. The highest BCUT2D eigenvalue weighted by Crippen LogP contribution is 2.31. The number of benzene rings is 2. The first-order chi connectivity index (χ1) is 12.4. The van der Waals surface area contributed by atoms with Crippen LogP contribution in [0.5, 0.6) is 0 Å². The van der Waals surface area contributed by atoms with Crippen molar-refractivity contribution < 1.29 is 5.11 Å². The van der Waals surface area contributed by atoms with Crippen LogP contribution >= 0.6 is 0 Å². The predicted octanol–water partition coefficient (Wildman–Crippen LogP) is 4.59. The molecule has 0 atom stereocenters. The Kier molecular flexibility index (Phi) is 4.59. The summed E-state index contributed by atoms with van der Waals surface area (Å²) in [4.78, 5) is 12.8. The molecule has 0 amide bonds. The summed E-state index contributed by atoms with van der Waals surface area (Å²) in [5.74, 6) is 0. The van der Waals surface area contributed by atoms with Gasteiger partial charge in [-0.15, -0.1) is 0 Å². The van der Waals surface area contributed by atoms with Crippen molar-refractivity contribution in [3.05, 3.63) is 58.0 Å². The van der Waals surface area contributed by atoms with E-state index in [1.165, 1.54) is 0 Å². The molecule has 4 nitrogen and oxygen atoms in total. The summed E-state index contributed by atoms with van der Waals surface area (Å²) >= 11 is 0. The molecule has 0 aliphatic rings. The summed E-state index contributed by atoms with van der Waals surface area (Å²) < 4.78 is 3.58. The Bertz CT molecular complexity index is 1060. The van der Waals surface area contributed by atoms with E-state index in [0.29, 0.717) is 6.54 Å². The molecule has 0 saturated carbocycles. The SMILES string of the molecule is Cc1ccc(C(C)(C)O)cc1-c1ccc2c(c1)n(C)c(=O)n2CC(C)(C)C. The molecule has 1 aromatic heterocycles. The molecule has 3 rings (SSSR count). The zero-order valence-corrected chi connectivity index (χ0v) is 17.4. The van der Waals surface area contributed by atoms with Crippen LogP contribution in [-0.4, -0.2) is 14.2 Å². The molecule has 0 spiro atoms. The Labute approximate surface area is 161 Å². The zero-order chi connectivity index (χ0) is 20.1. The molecule has 2 aromatic carbocycles. The van der Waals surface area contributed by atoms with E-state index in [0.717, 1.165) is 33.3 Å². The van der Waals surface area contributed by atoms with Crippen LogP contribution in [0.2, 0.25) is 0 Å². The molecule has 4 heteroatoms. The first-order valence-corrected chi connectivity index (χ1v) is 9.42. The average Bonchev–Trinajstić information content (AvgIpc) is 2.77. The van der Waals surface area contributed by atoms with Crippen molar-refractivity contribution in [1.82, 2.24) is 9.13 Å². The fourth-order valence-corrected chi connectivity index (χ4v) is 3.52. The van der Waals surface area contributed by atoms with Gasteiger partial charge in [0.25, 0.3) is 0 Å². The van der Waals surface area contributed by atoms with Crippen molar-refractivity contribution >= 4 is 11.0 Å². The van der Waals surface area contributed by atoms with Crippen LogP contribution in [0, 0.1) is 12.3 Å². The maximum atomic E-state index is 12.8. The molecule has 0 fully saturated rings. The standard InChI is InChI=1S/C23H30N2O2/c1-15-8-10-17(23(5,6)27)13-18(15)16-9-11-19-20(12-16)24(7)21(26)25(19)14-22(2,3)4/h8-13,27H,14H2,1-7H3. The van der Waals surface area contributed by atoms with Gasteiger partial charge in [0.05, 0.1) is 16.6 Å². The Morgan fingerprint density at radius 1 is 0.963 bits per heavy atom. The highest BCUT2D eigenvalue weighted by Gasteiger charge is 2.20. The minimum Gasteiger partial charge on any atom is -0.386 e. The van der Waals surface area contributed by atoms with Crippen molar-refractivity contribution in [2.24, 2.45) is 12.5 Å². The number of nitrogens with zero attached hydrogens (tertiary/aromatic N) is 2. The van der Waals surface area contributed by atoms with E-state index in [4.69, 9.17) is 0 Å². The van der Waals surface area contributed by atoms with Gasteiger partial charge in [0.15, 0.2) is 0 Å². The third kappa shape index (κ3) is 3.72. The number of aromatic nitrogens is 2. The van der Waals surface area contributed by atoms with Crippen LogP contribution in [-0.2, 0) is 19.2 Å². The fourth-order valence-electron chi connectivity index (χ4n) is 3.52. The van der Waals surface area contributed by atoms with Gasteiger partial charge in [0, 0.05) is 13.6 Å². The minimum absolute atomic E-state index is 0.0130. The first-order valence-electron chi connectivity index (χ1n) is 9.42. The van der Waals surface area contributed by atoms with Crippen molar-refractivity contribution in [3.8, 4) is 11.1 Å². The van der Waals surface area contributed by atoms with E-state index in [2.05, 4.69) is 39.8 Å². The van der Waals surface area contributed by atoms with E-state index in [-0.39, 0.29) is 11.1 Å². The molecule has 0 aliphatic heterocycles. The topological polar surface area (TPSA) is 47.2 Å². The lowest BCUT2D eigenvalue weighted by atomic mass is 9.91. The van der Waals surface area contributed by atoms with E-state index in [9.17, 15) is 9.90 Å². The Morgan fingerprint density at radius 2 is 1.63 bits per heavy atom. The summed E-state index contributed by atoms with van der Waals surface area (Å²) in [6.07, 6.45) is 0. The number of hydrogen-bond donors (Lipinski definition) is 1. The van der Waals surface area contributed by atoms with Gasteiger partial charge < -0.3 is 5.11 Å². The maximum Gasteiger partial charge on any atom is 0.328 e. The van der Waals surface area contributed by atoms with E-state index in [1.54, 1.807) is 18.4 Å². The molecule has 144 valence electrons. The largest absolute Gasteiger partial charge is 0.386 e. The third-order valence-corrected chi connectivity index (χ3v) is 5.03. The molecule has 27 heavy (non-hydrogen) atoms. The van der Waals surface area contributed by atoms with Gasteiger partial charge >= 0.3 is 5.69 Å². The van der Waals surface area contributed by atoms with Crippen molar-refractivity contribution in [2.45, 2.75) is 53.7 Å². The van der Waals surface area contributed by atoms with Crippen molar-refractivity contribution in [2.75, 3.05) is 0 Å². The second kappa shape index (κ2) is 6.38. The van der Waals surface area contributed by atoms with Crippen LogP contribution in [0.1, 0.15) is 45.7 Å². The van der Waals surface area contributed by atoms with Gasteiger partial charge in [-0.1, -0.05) is 39.0 Å². The Hall–Kier alpha value is -2.33. The molecular formula is C23H30N2O2. The molecule has 0 unspecified atom stereocenters. The normalized spacial score (nSPS) is 12.7.